The molecule has 6 heteroatoms. The van der Waals surface area contributed by atoms with Crippen molar-refractivity contribution in [2.24, 2.45) is 0 Å². The number of nitriles is 1. The third-order valence-electron chi connectivity index (χ3n) is 4.95. The summed E-state index contributed by atoms with van der Waals surface area (Å²) in [6.45, 7) is 1.84. The highest BCUT2D eigenvalue weighted by Gasteiger charge is 2.19. The molecule has 0 atom stereocenters. The van der Waals surface area contributed by atoms with Crippen LogP contribution in [-0.4, -0.2) is 29.0 Å². The normalized spacial score (nSPS) is 13.6. The van der Waals surface area contributed by atoms with Crippen LogP contribution in [-0.2, 0) is 0 Å². The van der Waals surface area contributed by atoms with Gasteiger partial charge in [-0.3, -0.25) is 4.79 Å². The quantitative estimate of drug-likeness (QED) is 0.728. The molecule has 2 heterocycles. The summed E-state index contributed by atoms with van der Waals surface area (Å²) in [7, 11) is 0. The smallest absolute Gasteiger partial charge is 0.274 e. The lowest BCUT2D eigenvalue weighted by Gasteiger charge is -2.28. The number of anilines is 2. The van der Waals surface area contributed by atoms with Crippen LogP contribution in [0.5, 0.6) is 0 Å². The molecule has 0 aliphatic carbocycles. The van der Waals surface area contributed by atoms with Gasteiger partial charge in [0.15, 0.2) is 5.82 Å². The molecule has 0 radical (unpaired) electrons. The second-order valence-corrected chi connectivity index (χ2v) is 6.96. The number of benzene rings is 2. The molecule has 4 rings (SSSR count). The number of hydrogen-bond acceptors (Lipinski definition) is 5. The summed E-state index contributed by atoms with van der Waals surface area (Å²) in [5.74, 6) is 0.926. The average molecular weight is 383 g/mol. The monoisotopic (exact) mass is 383 g/mol. The van der Waals surface area contributed by atoms with Crippen molar-refractivity contribution >= 4 is 17.4 Å². The third kappa shape index (κ3) is 4.25. The zero-order chi connectivity index (χ0) is 20.1. The van der Waals surface area contributed by atoms with Crippen molar-refractivity contribution in [3.05, 3.63) is 71.9 Å². The molecule has 3 aromatic rings. The van der Waals surface area contributed by atoms with Gasteiger partial charge in [0.25, 0.3) is 5.91 Å². The summed E-state index contributed by atoms with van der Waals surface area (Å²) in [6, 6.07) is 20.4. The zero-order valence-corrected chi connectivity index (χ0v) is 16.0. The molecule has 29 heavy (non-hydrogen) atoms. The number of nitrogens with one attached hydrogen (secondary N) is 1. The highest BCUT2D eigenvalue weighted by Crippen LogP contribution is 2.24. The molecule has 144 valence electrons. The molecule has 1 N–H and O–H groups in total. The van der Waals surface area contributed by atoms with E-state index in [1.54, 1.807) is 30.3 Å². The van der Waals surface area contributed by atoms with Crippen LogP contribution in [0.1, 0.15) is 35.3 Å². The highest BCUT2D eigenvalue weighted by molar-refractivity contribution is 6.04. The van der Waals surface area contributed by atoms with Gasteiger partial charge in [0.05, 0.1) is 11.3 Å². The van der Waals surface area contributed by atoms with Gasteiger partial charge in [0.2, 0.25) is 0 Å². The molecule has 0 bridgehead atoms. The van der Waals surface area contributed by atoms with E-state index in [4.69, 9.17) is 4.98 Å². The molecular formula is C23H21N5O. The van der Waals surface area contributed by atoms with E-state index in [1.807, 2.05) is 30.3 Å². The highest BCUT2D eigenvalue weighted by atomic mass is 16.1. The lowest BCUT2D eigenvalue weighted by Crippen LogP contribution is -2.31. The van der Waals surface area contributed by atoms with Crippen molar-refractivity contribution in [1.29, 1.82) is 5.26 Å². The van der Waals surface area contributed by atoms with Crippen molar-refractivity contribution in [2.45, 2.75) is 19.3 Å². The molecule has 0 unspecified atom stereocenters. The summed E-state index contributed by atoms with van der Waals surface area (Å²) in [5, 5.41) is 12.1. The van der Waals surface area contributed by atoms with Gasteiger partial charge in [-0.1, -0.05) is 42.5 Å². The lowest BCUT2D eigenvalue weighted by atomic mass is 10.1. The summed E-state index contributed by atoms with van der Waals surface area (Å²) >= 11 is 0. The van der Waals surface area contributed by atoms with Gasteiger partial charge in [-0.15, -0.1) is 0 Å². The Balaban J connectivity index is 1.71. The number of amides is 1. The molecule has 2 aromatic carbocycles. The standard InChI is InChI=1S/C23H21N5O/c24-16-18-11-5-6-12-19(18)26-23(29)20-15-21(28-13-7-2-8-14-28)27-22(25-20)17-9-3-1-4-10-17/h1,3-6,9-12,15H,2,7-8,13-14H2,(H,26,29). The fourth-order valence-corrected chi connectivity index (χ4v) is 3.43. The maximum absolute atomic E-state index is 13.0. The van der Waals surface area contributed by atoms with Crippen molar-refractivity contribution in [3.63, 3.8) is 0 Å². The van der Waals surface area contributed by atoms with Gasteiger partial charge in [0, 0.05) is 24.7 Å². The predicted octanol–water partition coefficient (Wildman–Crippen LogP) is 4.26. The number of rotatable bonds is 4. The largest absolute Gasteiger partial charge is 0.356 e. The van der Waals surface area contributed by atoms with E-state index in [0.29, 0.717) is 17.1 Å². The van der Waals surface area contributed by atoms with Gasteiger partial charge in [-0.25, -0.2) is 9.97 Å². The van der Waals surface area contributed by atoms with Crippen LogP contribution >= 0.6 is 0 Å². The number of carbonyl (C=O) groups excluding carboxylic acids is 1. The first-order valence-electron chi connectivity index (χ1n) is 9.74. The topological polar surface area (TPSA) is 81.9 Å². The van der Waals surface area contributed by atoms with E-state index < -0.39 is 0 Å². The minimum Gasteiger partial charge on any atom is -0.356 e. The minimum atomic E-state index is -0.356. The van der Waals surface area contributed by atoms with E-state index >= 15 is 0 Å². The van der Waals surface area contributed by atoms with Gasteiger partial charge < -0.3 is 10.2 Å². The van der Waals surface area contributed by atoms with Crippen LogP contribution in [0.25, 0.3) is 11.4 Å². The number of carbonyl (C=O) groups is 1. The predicted molar refractivity (Wildman–Crippen MR) is 113 cm³/mol. The molecular weight excluding hydrogens is 362 g/mol. The maximum atomic E-state index is 13.0. The number of hydrogen-bond donors (Lipinski definition) is 1. The Hall–Kier alpha value is -3.72. The Bertz CT molecular complexity index is 1050. The third-order valence-corrected chi connectivity index (χ3v) is 4.95. The second kappa shape index (κ2) is 8.53. The number of para-hydroxylation sites is 1. The van der Waals surface area contributed by atoms with E-state index in [9.17, 15) is 10.1 Å². The Morgan fingerprint density at radius 1 is 0.966 bits per heavy atom. The van der Waals surface area contributed by atoms with Crippen molar-refractivity contribution in [2.75, 3.05) is 23.3 Å². The van der Waals surface area contributed by atoms with E-state index in [-0.39, 0.29) is 11.6 Å². The molecule has 0 spiro atoms. The van der Waals surface area contributed by atoms with Crippen LogP contribution in [0.2, 0.25) is 0 Å². The number of nitrogens with zero attached hydrogens (tertiary/aromatic N) is 4. The van der Waals surface area contributed by atoms with Crippen molar-refractivity contribution < 1.29 is 4.79 Å². The summed E-state index contributed by atoms with van der Waals surface area (Å²) < 4.78 is 0. The first kappa shape index (κ1) is 18.6. The molecule has 6 nitrogen and oxygen atoms in total. The Kier molecular flexibility index (Phi) is 5.48. The maximum Gasteiger partial charge on any atom is 0.274 e. The van der Waals surface area contributed by atoms with Crippen LogP contribution in [0.15, 0.2) is 60.7 Å². The summed E-state index contributed by atoms with van der Waals surface area (Å²) in [4.78, 5) is 24.4. The zero-order valence-electron chi connectivity index (χ0n) is 16.0. The summed E-state index contributed by atoms with van der Waals surface area (Å²) in [5.41, 5.74) is 2.03. The molecule has 1 aromatic heterocycles. The van der Waals surface area contributed by atoms with E-state index in [1.165, 1.54) is 6.42 Å². The van der Waals surface area contributed by atoms with Crippen molar-refractivity contribution in [3.8, 4) is 17.5 Å². The van der Waals surface area contributed by atoms with Crippen LogP contribution in [0, 0.1) is 11.3 Å². The fraction of sp³-hybridized carbons (Fsp3) is 0.217. The van der Waals surface area contributed by atoms with Gasteiger partial charge in [-0.05, 0) is 31.4 Å². The lowest BCUT2D eigenvalue weighted by molar-refractivity contribution is 0.102. The van der Waals surface area contributed by atoms with Crippen LogP contribution < -0.4 is 10.2 Å². The Morgan fingerprint density at radius 3 is 2.45 bits per heavy atom. The number of aromatic nitrogens is 2. The first-order chi connectivity index (χ1) is 14.2. The van der Waals surface area contributed by atoms with E-state index in [0.717, 1.165) is 37.3 Å². The molecule has 1 saturated heterocycles. The van der Waals surface area contributed by atoms with Gasteiger partial charge >= 0.3 is 0 Å². The average Bonchev–Trinajstić information content (AvgIpc) is 2.80. The Morgan fingerprint density at radius 2 is 1.69 bits per heavy atom. The molecule has 1 aliphatic heterocycles. The molecule has 1 aliphatic rings. The minimum absolute atomic E-state index is 0.284. The molecule has 0 saturated carbocycles. The molecule has 1 amide bonds. The number of piperidine rings is 1. The van der Waals surface area contributed by atoms with Gasteiger partial charge in [-0.2, -0.15) is 5.26 Å². The first-order valence-corrected chi connectivity index (χ1v) is 9.74. The SMILES string of the molecule is N#Cc1ccccc1NC(=O)c1cc(N2CCCCC2)nc(-c2ccccc2)n1. The fourth-order valence-electron chi connectivity index (χ4n) is 3.43. The molecule has 1 fully saturated rings. The Labute approximate surface area is 169 Å². The van der Waals surface area contributed by atoms with Gasteiger partial charge in [0.1, 0.15) is 17.6 Å². The van der Waals surface area contributed by atoms with Crippen LogP contribution in [0.4, 0.5) is 11.5 Å². The summed E-state index contributed by atoms with van der Waals surface area (Å²) in [6.07, 6.45) is 3.44. The van der Waals surface area contributed by atoms with Crippen LogP contribution in [0.3, 0.4) is 0 Å². The van der Waals surface area contributed by atoms with E-state index in [2.05, 4.69) is 21.3 Å². The van der Waals surface area contributed by atoms with Crippen molar-refractivity contribution in [1.82, 2.24) is 9.97 Å². The second-order valence-electron chi connectivity index (χ2n) is 6.96.